The third-order valence-electron chi connectivity index (χ3n) is 4.40. The Morgan fingerprint density at radius 2 is 1.79 bits per heavy atom. The van der Waals surface area contributed by atoms with Gasteiger partial charge in [-0.25, -0.2) is 4.98 Å². The summed E-state index contributed by atoms with van der Waals surface area (Å²) in [6, 6.07) is 14.8. The van der Waals surface area contributed by atoms with Crippen LogP contribution in [0, 0.1) is 0 Å². The number of carbonyl (C=O) groups is 1. The molecule has 0 atom stereocenters. The van der Waals surface area contributed by atoms with Crippen molar-refractivity contribution < 1.29 is 9.53 Å². The summed E-state index contributed by atoms with van der Waals surface area (Å²) in [4.78, 5) is 29.3. The van der Waals surface area contributed by atoms with Crippen molar-refractivity contribution in [1.29, 1.82) is 0 Å². The number of nitrogens with zero attached hydrogens (tertiary/aromatic N) is 2. The number of carbonyl (C=O) groups excluding carboxylic acids is 1. The fourth-order valence-electron chi connectivity index (χ4n) is 2.71. The highest BCUT2D eigenvalue weighted by Gasteiger charge is 2.12. The molecule has 2 aromatic carbocycles. The van der Waals surface area contributed by atoms with Crippen molar-refractivity contribution in [3.05, 3.63) is 82.4 Å². The third kappa shape index (κ3) is 4.51. The van der Waals surface area contributed by atoms with Crippen molar-refractivity contribution in [1.82, 2.24) is 9.55 Å². The van der Waals surface area contributed by atoms with Crippen LogP contribution in [0.5, 0.6) is 5.75 Å². The lowest BCUT2D eigenvalue weighted by Gasteiger charge is -2.10. The van der Waals surface area contributed by atoms with E-state index in [-0.39, 0.29) is 17.1 Å². The second-order valence-corrected chi connectivity index (χ2v) is 7.56. The van der Waals surface area contributed by atoms with Crippen LogP contribution in [0.3, 0.4) is 0 Å². The summed E-state index contributed by atoms with van der Waals surface area (Å²) in [6.45, 7) is 4.25. The molecule has 0 N–H and O–H groups in total. The zero-order chi connectivity index (χ0) is 20.1. The van der Waals surface area contributed by atoms with E-state index in [0.717, 1.165) is 17.4 Å². The lowest BCUT2D eigenvalue weighted by Crippen LogP contribution is -2.21. The summed E-state index contributed by atoms with van der Waals surface area (Å²) in [5.41, 5.74) is 2.34. The number of methoxy groups -OCH3 is 1. The first-order valence-corrected chi connectivity index (χ1v) is 9.96. The molecular formula is C22H22N2O3S. The molecule has 0 amide bonds. The monoisotopic (exact) mass is 394 g/mol. The van der Waals surface area contributed by atoms with Gasteiger partial charge in [0.1, 0.15) is 5.75 Å². The van der Waals surface area contributed by atoms with Crippen LogP contribution in [-0.4, -0.2) is 28.2 Å². The van der Waals surface area contributed by atoms with Crippen LogP contribution in [0.15, 0.2) is 70.7 Å². The molecule has 6 heteroatoms. The molecule has 0 spiro atoms. The zero-order valence-corrected chi connectivity index (χ0v) is 16.9. The summed E-state index contributed by atoms with van der Waals surface area (Å²) in [5.74, 6) is 1.20. The average Bonchev–Trinajstić information content (AvgIpc) is 2.73. The molecule has 0 aliphatic heterocycles. The molecule has 144 valence electrons. The standard InChI is InChI=1S/C22H22N2O3S/c1-15(2)16-4-8-18(9-5-16)24-13-12-23-21(22(24)26)28-14-20(25)17-6-10-19(27-3)11-7-17/h4-13,15H,14H2,1-3H3. The Kier molecular flexibility index (Phi) is 6.31. The van der Waals surface area contributed by atoms with Crippen LogP contribution in [-0.2, 0) is 0 Å². The van der Waals surface area contributed by atoms with Gasteiger partial charge in [-0.15, -0.1) is 0 Å². The van der Waals surface area contributed by atoms with Gasteiger partial charge in [0.25, 0.3) is 5.56 Å². The minimum atomic E-state index is -0.229. The van der Waals surface area contributed by atoms with Gasteiger partial charge in [0, 0.05) is 23.6 Å². The number of hydrogen-bond donors (Lipinski definition) is 0. The molecule has 5 nitrogen and oxygen atoms in total. The summed E-state index contributed by atoms with van der Waals surface area (Å²) in [6.07, 6.45) is 3.22. The molecule has 0 fully saturated rings. The van der Waals surface area contributed by atoms with Crippen molar-refractivity contribution in [2.24, 2.45) is 0 Å². The smallest absolute Gasteiger partial charge is 0.287 e. The van der Waals surface area contributed by atoms with E-state index in [0.29, 0.717) is 22.3 Å². The number of benzene rings is 2. The molecule has 0 saturated heterocycles. The largest absolute Gasteiger partial charge is 0.497 e. The van der Waals surface area contributed by atoms with Gasteiger partial charge in [-0.2, -0.15) is 0 Å². The van der Waals surface area contributed by atoms with Crippen LogP contribution in [0.25, 0.3) is 5.69 Å². The number of aromatic nitrogens is 2. The normalized spacial score (nSPS) is 10.9. The highest BCUT2D eigenvalue weighted by Crippen LogP contribution is 2.18. The predicted octanol–water partition coefficient (Wildman–Crippen LogP) is 4.34. The molecule has 3 rings (SSSR count). The minimum absolute atomic E-state index is 0.0643. The van der Waals surface area contributed by atoms with Gasteiger partial charge in [0.2, 0.25) is 0 Å². The molecule has 1 heterocycles. The van der Waals surface area contributed by atoms with E-state index in [1.165, 1.54) is 5.56 Å². The van der Waals surface area contributed by atoms with E-state index < -0.39 is 0 Å². The van der Waals surface area contributed by atoms with Crippen LogP contribution in [0.1, 0.15) is 35.7 Å². The molecule has 1 aromatic heterocycles. The Morgan fingerprint density at radius 3 is 2.39 bits per heavy atom. The highest BCUT2D eigenvalue weighted by molar-refractivity contribution is 7.99. The van der Waals surface area contributed by atoms with Crippen LogP contribution in [0.2, 0.25) is 0 Å². The van der Waals surface area contributed by atoms with Crippen molar-refractivity contribution in [3.63, 3.8) is 0 Å². The lowest BCUT2D eigenvalue weighted by atomic mass is 10.0. The Bertz CT molecular complexity index is 1010. The Morgan fingerprint density at radius 1 is 1.11 bits per heavy atom. The maximum atomic E-state index is 12.8. The molecular weight excluding hydrogens is 372 g/mol. The van der Waals surface area contributed by atoms with E-state index in [9.17, 15) is 9.59 Å². The average molecular weight is 394 g/mol. The molecule has 0 saturated carbocycles. The first kappa shape index (κ1) is 19.9. The highest BCUT2D eigenvalue weighted by atomic mass is 32.2. The first-order valence-electron chi connectivity index (χ1n) is 8.97. The Balaban J connectivity index is 1.75. The summed E-state index contributed by atoms with van der Waals surface area (Å²) in [7, 11) is 1.58. The molecule has 0 aliphatic rings. The van der Waals surface area contributed by atoms with Crippen LogP contribution >= 0.6 is 11.8 Å². The number of Topliss-reactive ketones (excluding diaryl/α,β-unsaturated/α-hetero) is 1. The van der Waals surface area contributed by atoms with Crippen LogP contribution in [0.4, 0.5) is 0 Å². The van der Waals surface area contributed by atoms with Gasteiger partial charge < -0.3 is 4.74 Å². The van der Waals surface area contributed by atoms with Gasteiger partial charge in [-0.1, -0.05) is 37.7 Å². The lowest BCUT2D eigenvalue weighted by molar-refractivity contribution is 0.102. The topological polar surface area (TPSA) is 61.2 Å². The van der Waals surface area contributed by atoms with E-state index in [2.05, 4.69) is 18.8 Å². The number of ether oxygens (including phenoxy) is 1. The maximum Gasteiger partial charge on any atom is 0.287 e. The number of hydrogen-bond acceptors (Lipinski definition) is 5. The SMILES string of the molecule is COc1ccc(C(=O)CSc2nccn(-c3ccc(C(C)C)cc3)c2=O)cc1. The Hall–Kier alpha value is -2.86. The summed E-state index contributed by atoms with van der Waals surface area (Å²) >= 11 is 1.15. The second kappa shape index (κ2) is 8.89. The third-order valence-corrected chi connectivity index (χ3v) is 5.36. The van der Waals surface area contributed by atoms with Crippen molar-refractivity contribution in [2.45, 2.75) is 24.8 Å². The van der Waals surface area contributed by atoms with Crippen molar-refractivity contribution in [2.75, 3.05) is 12.9 Å². The number of ketones is 1. The molecule has 0 aliphatic carbocycles. The maximum absolute atomic E-state index is 12.8. The summed E-state index contributed by atoms with van der Waals surface area (Å²) in [5, 5.41) is 0.303. The van der Waals surface area contributed by atoms with E-state index >= 15 is 0 Å². The number of rotatable bonds is 7. The minimum Gasteiger partial charge on any atom is -0.497 e. The van der Waals surface area contributed by atoms with Gasteiger partial charge in [-0.3, -0.25) is 14.2 Å². The second-order valence-electron chi connectivity index (χ2n) is 6.59. The van der Waals surface area contributed by atoms with E-state index in [1.807, 2.05) is 24.3 Å². The van der Waals surface area contributed by atoms with Gasteiger partial charge >= 0.3 is 0 Å². The fourth-order valence-corrected chi connectivity index (χ4v) is 3.50. The van der Waals surface area contributed by atoms with Crippen LogP contribution < -0.4 is 10.3 Å². The molecule has 0 radical (unpaired) electrons. The van der Waals surface area contributed by atoms with Crippen molar-refractivity contribution >= 4 is 17.5 Å². The molecule has 0 unspecified atom stereocenters. The van der Waals surface area contributed by atoms with Gasteiger partial charge in [0.15, 0.2) is 10.8 Å². The van der Waals surface area contributed by atoms with Gasteiger partial charge in [0.05, 0.1) is 12.9 Å². The molecule has 0 bridgehead atoms. The quantitative estimate of drug-likeness (QED) is 0.441. The van der Waals surface area contributed by atoms with E-state index in [1.54, 1.807) is 48.3 Å². The Labute approximate surface area is 168 Å². The fraction of sp³-hybridized carbons (Fsp3) is 0.227. The first-order chi connectivity index (χ1) is 13.5. The summed E-state index contributed by atoms with van der Waals surface area (Å²) < 4.78 is 6.65. The zero-order valence-electron chi connectivity index (χ0n) is 16.1. The van der Waals surface area contributed by atoms with Gasteiger partial charge in [-0.05, 0) is 47.9 Å². The predicted molar refractivity (Wildman–Crippen MR) is 112 cm³/mol. The molecule has 28 heavy (non-hydrogen) atoms. The molecule has 3 aromatic rings. The number of thioether (sulfide) groups is 1. The van der Waals surface area contributed by atoms with E-state index in [4.69, 9.17) is 4.74 Å². The van der Waals surface area contributed by atoms with Crippen molar-refractivity contribution in [3.8, 4) is 11.4 Å².